The quantitative estimate of drug-likeness (QED) is 0.894. The smallest absolute Gasteiger partial charge is 0.142 e. The highest BCUT2D eigenvalue weighted by atomic mass is 14.8. The third-order valence-corrected chi connectivity index (χ3v) is 3.69. The molecule has 2 N–H and O–H groups in total. The zero-order chi connectivity index (χ0) is 14.9. The van der Waals surface area contributed by atoms with E-state index in [0.29, 0.717) is 17.3 Å². The lowest BCUT2D eigenvalue weighted by Crippen LogP contribution is -2.03. The second kappa shape index (κ2) is 5.34. The van der Waals surface area contributed by atoms with E-state index in [4.69, 9.17) is 5.73 Å². The number of aromatic nitrogens is 1. The molecule has 0 unspecified atom stereocenters. The van der Waals surface area contributed by atoms with E-state index < -0.39 is 0 Å². The van der Waals surface area contributed by atoms with E-state index in [1.165, 1.54) is 5.56 Å². The van der Waals surface area contributed by atoms with E-state index >= 15 is 0 Å². The van der Waals surface area contributed by atoms with Gasteiger partial charge in [0.05, 0.1) is 0 Å². The van der Waals surface area contributed by atoms with Gasteiger partial charge in [0.15, 0.2) is 0 Å². The predicted octanol–water partition coefficient (Wildman–Crippen LogP) is 3.94. The Hall–Kier alpha value is -2.34. The summed E-state index contributed by atoms with van der Waals surface area (Å²) in [5, 5.41) is 9.35. The van der Waals surface area contributed by atoms with Gasteiger partial charge in [-0.1, -0.05) is 38.1 Å². The molecule has 1 aromatic heterocycles. The van der Waals surface area contributed by atoms with Crippen LogP contribution in [0.25, 0.3) is 11.1 Å². The number of benzene rings is 1. The molecule has 0 fully saturated rings. The van der Waals surface area contributed by atoms with Crippen LogP contribution in [-0.2, 0) is 0 Å². The fourth-order valence-electron chi connectivity index (χ4n) is 2.33. The molecule has 0 aliphatic rings. The average molecular weight is 265 g/mol. The van der Waals surface area contributed by atoms with Crippen LogP contribution in [0.3, 0.4) is 0 Å². The Labute approximate surface area is 120 Å². The maximum Gasteiger partial charge on any atom is 0.142 e. The molecule has 0 atom stereocenters. The minimum atomic E-state index is 0.304. The summed E-state index contributed by atoms with van der Waals surface area (Å²) in [4.78, 5) is 4.23. The van der Waals surface area contributed by atoms with Crippen LogP contribution in [0.15, 0.2) is 24.3 Å². The molecule has 0 radical (unpaired) electrons. The van der Waals surface area contributed by atoms with Crippen LogP contribution in [-0.4, -0.2) is 4.98 Å². The van der Waals surface area contributed by atoms with Gasteiger partial charge in [0, 0.05) is 11.3 Å². The van der Waals surface area contributed by atoms with Crippen molar-refractivity contribution in [1.82, 2.24) is 4.98 Å². The molecule has 0 saturated carbocycles. The summed E-state index contributed by atoms with van der Waals surface area (Å²) in [6, 6.07) is 10.5. The fourth-order valence-corrected chi connectivity index (χ4v) is 2.33. The van der Waals surface area contributed by atoms with Crippen molar-refractivity contribution >= 4 is 5.82 Å². The summed E-state index contributed by atoms with van der Waals surface area (Å²) in [5.41, 5.74) is 11.4. The first-order valence-electron chi connectivity index (χ1n) is 6.72. The number of nitrogens with two attached hydrogens (primary N) is 1. The van der Waals surface area contributed by atoms with E-state index in [0.717, 1.165) is 22.4 Å². The zero-order valence-electron chi connectivity index (χ0n) is 12.4. The standard InChI is InChI=1S/C17H19N3/c1-10(2)13-5-7-14(8-6-13)16-11(3)12(4)20-17(19)15(16)9-18/h5-8,10H,1-4H3,(H2,19,20). The average Bonchev–Trinajstić information content (AvgIpc) is 2.42. The molecule has 0 saturated heterocycles. The van der Waals surface area contributed by atoms with Gasteiger partial charge in [0.1, 0.15) is 17.5 Å². The van der Waals surface area contributed by atoms with Crippen LogP contribution in [0.4, 0.5) is 5.82 Å². The second-order valence-corrected chi connectivity index (χ2v) is 5.35. The number of nitriles is 1. The van der Waals surface area contributed by atoms with Crippen LogP contribution < -0.4 is 5.73 Å². The van der Waals surface area contributed by atoms with Crippen molar-refractivity contribution in [3.05, 3.63) is 46.6 Å². The normalized spacial score (nSPS) is 10.6. The largest absolute Gasteiger partial charge is 0.383 e. The molecule has 2 rings (SSSR count). The molecule has 2 aromatic rings. The van der Waals surface area contributed by atoms with E-state index in [1.54, 1.807) is 0 Å². The van der Waals surface area contributed by atoms with Crippen molar-refractivity contribution in [2.24, 2.45) is 0 Å². The van der Waals surface area contributed by atoms with Crippen molar-refractivity contribution < 1.29 is 0 Å². The van der Waals surface area contributed by atoms with Crippen LogP contribution in [0.5, 0.6) is 0 Å². The molecular formula is C17H19N3. The first-order chi connectivity index (χ1) is 9.45. The van der Waals surface area contributed by atoms with E-state index in [1.807, 2.05) is 13.8 Å². The maximum absolute atomic E-state index is 9.35. The highest BCUT2D eigenvalue weighted by Crippen LogP contribution is 2.32. The number of hydrogen-bond donors (Lipinski definition) is 1. The van der Waals surface area contributed by atoms with Gasteiger partial charge in [0.25, 0.3) is 0 Å². The molecule has 1 heterocycles. The molecule has 20 heavy (non-hydrogen) atoms. The van der Waals surface area contributed by atoms with E-state index in [-0.39, 0.29) is 0 Å². The predicted molar refractivity (Wildman–Crippen MR) is 82.4 cm³/mol. The van der Waals surface area contributed by atoms with Gasteiger partial charge in [-0.05, 0) is 36.5 Å². The van der Waals surface area contributed by atoms with Crippen molar-refractivity contribution in [3.8, 4) is 17.2 Å². The molecular weight excluding hydrogens is 246 g/mol. The van der Waals surface area contributed by atoms with Gasteiger partial charge < -0.3 is 5.73 Å². The minimum absolute atomic E-state index is 0.304. The van der Waals surface area contributed by atoms with Crippen molar-refractivity contribution in [2.75, 3.05) is 5.73 Å². The number of hydrogen-bond acceptors (Lipinski definition) is 3. The summed E-state index contributed by atoms with van der Waals surface area (Å²) in [7, 11) is 0. The summed E-state index contributed by atoms with van der Waals surface area (Å²) in [6.07, 6.45) is 0. The number of pyridine rings is 1. The van der Waals surface area contributed by atoms with Gasteiger partial charge in [0.2, 0.25) is 0 Å². The van der Waals surface area contributed by atoms with Gasteiger partial charge in [-0.25, -0.2) is 4.98 Å². The first kappa shape index (κ1) is 14.1. The number of rotatable bonds is 2. The summed E-state index contributed by atoms with van der Waals surface area (Å²) < 4.78 is 0. The lowest BCUT2D eigenvalue weighted by atomic mass is 9.93. The molecule has 102 valence electrons. The van der Waals surface area contributed by atoms with Crippen molar-refractivity contribution in [1.29, 1.82) is 5.26 Å². The Morgan fingerprint density at radius 1 is 1.15 bits per heavy atom. The molecule has 1 aromatic carbocycles. The number of nitrogens with zero attached hydrogens (tertiary/aromatic N) is 2. The Morgan fingerprint density at radius 2 is 1.75 bits per heavy atom. The van der Waals surface area contributed by atoms with Gasteiger partial charge in [-0.2, -0.15) is 5.26 Å². The summed E-state index contributed by atoms with van der Waals surface area (Å²) in [5.74, 6) is 0.795. The zero-order valence-corrected chi connectivity index (χ0v) is 12.4. The molecule has 3 heteroatoms. The van der Waals surface area contributed by atoms with E-state index in [9.17, 15) is 5.26 Å². The molecule has 0 bridgehead atoms. The number of nitrogen functional groups attached to an aromatic ring is 1. The SMILES string of the molecule is Cc1nc(N)c(C#N)c(-c2ccc(C(C)C)cc2)c1C. The van der Waals surface area contributed by atoms with E-state index in [2.05, 4.69) is 49.2 Å². The highest BCUT2D eigenvalue weighted by Gasteiger charge is 2.15. The van der Waals surface area contributed by atoms with Gasteiger partial charge in [-0.3, -0.25) is 0 Å². The third kappa shape index (κ3) is 2.37. The summed E-state index contributed by atoms with van der Waals surface area (Å²) in [6.45, 7) is 8.22. The molecule has 0 spiro atoms. The minimum Gasteiger partial charge on any atom is -0.383 e. The number of anilines is 1. The highest BCUT2D eigenvalue weighted by molar-refractivity contribution is 5.78. The topological polar surface area (TPSA) is 62.7 Å². The molecule has 0 aliphatic carbocycles. The molecule has 0 amide bonds. The van der Waals surface area contributed by atoms with Crippen molar-refractivity contribution in [3.63, 3.8) is 0 Å². The van der Waals surface area contributed by atoms with Gasteiger partial charge >= 0.3 is 0 Å². The van der Waals surface area contributed by atoms with Crippen LogP contribution in [0.1, 0.15) is 42.1 Å². The third-order valence-electron chi connectivity index (χ3n) is 3.69. The Balaban J connectivity index is 2.66. The summed E-state index contributed by atoms with van der Waals surface area (Å²) >= 11 is 0. The Bertz CT molecular complexity index is 677. The van der Waals surface area contributed by atoms with Crippen LogP contribution in [0.2, 0.25) is 0 Å². The van der Waals surface area contributed by atoms with Gasteiger partial charge in [-0.15, -0.1) is 0 Å². The number of aryl methyl sites for hydroxylation is 1. The molecule has 3 nitrogen and oxygen atoms in total. The first-order valence-corrected chi connectivity index (χ1v) is 6.72. The van der Waals surface area contributed by atoms with Crippen molar-refractivity contribution in [2.45, 2.75) is 33.6 Å². The lowest BCUT2D eigenvalue weighted by Gasteiger charge is -2.14. The monoisotopic (exact) mass is 265 g/mol. The Morgan fingerprint density at radius 3 is 2.25 bits per heavy atom. The lowest BCUT2D eigenvalue weighted by molar-refractivity contribution is 0.867. The van der Waals surface area contributed by atoms with Crippen LogP contribution >= 0.6 is 0 Å². The Kier molecular flexibility index (Phi) is 3.76. The maximum atomic E-state index is 9.35. The molecule has 0 aliphatic heterocycles. The van der Waals surface area contributed by atoms with Crippen LogP contribution in [0, 0.1) is 25.2 Å². The second-order valence-electron chi connectivity index (χ2n) is 5.35. The fraction of sp³-hybridized carbons (Fsp3) is 0.294.